The van der Waals surface area contributed by atoms with Crippen LogP contribution in [0.15, 0.2) is 0 Å². The number of carbonyl (C=O) groups excluding carboxylic acids is 2. The number of carbonyl (C=O) groups is 2. The number of Topliss-reactive ketones (excluding diaryl/α,β-unsaturated/α-hetero) is 2. The van der Waals surface area contributed by atoms with Gasteiger partial charge in [-0.2, -0.15) is 0 Å². The van der Waals surface area contributed by atoms with Gasteiger partial charge in [0.05, 0.1) is 0 Å². The summed E-state index contributed by atoms with van der Waals surface area (Å²) in [5.41, 5.74) is 0. The third-order valence-electron chi connectivity index (χ3n) is 3.53. The van der Waals surface area contributed by atoms with E-state index in [0.717, 1.165) is 19.3 Å². The molecule has 0 N–H and O–H groups in total. The van der Waals surface area contributed by atoms with Crippen molar-refractivity contribution in [3.63, 3.8) is 0 Å². The van der Waals surface area contributed by atoms with E-state index in [2.05, 4.69) is 6.92 Å². The highest BCUT2D eigenvalue weighted by Gasteiger charge is 2.40. The van der Waals surface area contributed by atoms with E-state index in [9.17, 15) is 9.59 Å². The molecule has 2 fully saturated rings. The first-order valence-electron chi connectivity index (χ1n) is 5.23. The quantitative estimate of drug-likeness (QED) is 0.571. The summed E-state index contributed by atoms with van der Waals surface area (Å²) < 4.78 is 0. The average Bonchev–Trinajstić information content (AvgIpc) is 2.02. The fourth-order valence-electron chi connectivity index (χ4n) is 3.02. The van der Waals surface area contributed by atoms with Gasteiger partial charge < -0.3 is 0 Å². The third-order valence-corrected chi connectivity index (χ3v) is 3.53. The average molecular weight is 180 g/mol. The van der Waals surface area contributed by atoms with E-state index < -0.39 is 0 Å². The Bertz CT molecular complexity index is 244. The molecule has 2 nitrogen and oxygen atoms in total. The van der Waals surface area contributed by atoms with Crippen molar-refractivity contribution in [1.29, 1.82) is 0 Å². The Balaban J connectivity index is 2.17. The van der Waals surface area contributed by atoms with E-state index in [1.54, 1.807) is 0 Å². The monoisotopic (exact) mass is 180 g/mol. The van der Waals surface area contributed by atoms with Gasteiger partial charge in [-0.15, -0.1) is 0 Å². The van der Waals surface area contributed by atoms with Crippen molar-refractivity contribution in [1.82, 2.24) is 0 Å². The molecule has 0 aromatic carbocycles. The van der Waals surface area contributed by atoms with Crippen LogP contribution in [0.25, 0.3) is 0 Å². The van der Waals surface area contributed by atoms with E-state index in [1.165, 1.54) is 0 Å². The van der Waals surface area contributed by atoms with Gasteiger partial charge >= 0.3 is 0 Å². The highest BCUT2D eigenvalue weighted by molar-refractivity contribution is 5.87. The minimum absolute atomic E-state index is 0.214. The summed E-state index contributed by atoms with van der Waals surface area (Å²) in [5, 5.41) is 0. The fraction of sp³-hybridized carbons (Fsp3) is 0.818. The predicted octanol–water partition coefficient (Wildman–Crippen LogP) is 1.97. The lowest BCUT2D eigenvalue weighted by atomic mass is 9.65. The van der Waals surface area contributed by atoms with Gasteiger partial charge in [-0.05, 0) is 24.7 Å². The molecule has 0 aliphatic heterocycles. The van der Waals surface area contributed by atoms with E-state index >= 15 is 0 Å². The Hall–Kier alpha value is -0.660. The van der Waals surface area contributed by atoms with Gasteiger partial charge in [0, 0.05) is 25.2 Å². The number of hydrogen-bond acceptors (Lipinski definition) is 2. The van der Waals surface area contributed by atoms with Crippen LogP contribution in [-0.4, -0.2) is 11.6 Å². The second kappa shape index (κ2) is 3.24. The Morgan fingerprint density at radius 3 is 2.77 bits per heavy atom. The number of fused-ring (bicyclic) bond motifs is 1. The molecule has 72 valence electrons. The van der Waals surface area contributed by atoms with Crippen molar-refractivity contribution < 1.29 is 9.59 Å². The van der Waals surface area contributed by atoms with E-state index in [1.807, 2.05) is 0 Å². The molecule has 2 unspecified atom stereocenters. The normalized spacial score (nSPS) is 40.2. The van der Waals surface area contributed by atoms with Gasteiger partial charge in [0.2, 0.25) is 0 Å². The van der Waals surface area contributed by atoms with Gasteiger partial charge in [0.25, 0.3) is 0 Å². The first-order chi connectivity index (χ1) is 6.18. The summed E-state index contributed by atoms with van der Waals surface area (Å²) in [5.74, 6) is 1.68. The zero-order valence-corrected chi connectivity index (χ0v) is 8.08. The summed E-state index contributed by atoms with van der Waals surface area (Å²) in [7, 11) is 0. The molecular formula is C11H16O2. The smallest absolute Gasteiger partial charge is 0.136 e. The Kier molecular flexibility index (Phi) is 2.22. The molecule has 0 amide bonds. The van der Waals surface area contributed by atoms with Gasteiger partial charge in [-0.1, -0.05) is 6.92 Å². The van der Waals surface area contributed by atoms with Crippen LogP contribution in [0, 0.1) is 17.8 Å². The standard InChI is InChI=1S/C11H16O2/c1-7-5-9(12)6-8-3-2-4-10(13)11(7)8/h7-8,11H,2-6H2,1H3/t7-,8?,11?/m1/s1. The molecule has 2 heteroatoms. The highest BCUT2D eigenvalue weighted by Crippen LogP contribution is 2.40. The molecule has 0 bridgehead atoms. The maximum absolute atomic E-state index is 11.6. The number of rotatable bonds is 0. The number of ketones is 2. The second-order valence-electron chi connectivity index (χ2n) is 4.57. The maximum atomic E-state index is 11.6. The van der Waals surface area contributed by atoms with Crippen molar-refractivity contribution in [3.05, 3.63) is 0 Å². The van der Waals surface area contributed by atoms with Crippen molar-refractivity contribution >= 4 is 11.6 Å². The Morgan fingerprint density at radius 2 is 2.00 bits per heavy atom. The molecule has 13 heavy (non-hydrogen) atoms. The lowest BCUT2D eigenvalue weighted by Crippen LogP contribution is -2.39. The molecule has 2 aliphatic carbocycles. The van der Waals surface area contributed by atoms with Crippen LogP contribution < -0.4 is 0 Å². The number of hydrogen-bond donors (Lipinski definition) is 0. The fourth-order valence-corrected chi connectivity index (χ4v) is 3.02. The van der Waals surface area contributed by atoms with E-state index in [4.69, 9.17) is 0 Å². The van der Waals surface area contributed by atoms with Crippen LogP contribution in [0.5, 0.6) is 0 Å². The van der Waals surface area contributed by atoms with Crippen molar-refractivity contribution in [3.8, 4) is 0 Å². The molecule has 3 atom stereocenters. The molecule has 0 aromatic heterocycles. The van der Waals surface area contributed by atoms with Crippen LogP contribution in [0.3, 0.4) is 0 Å². The zero-order chi connectivity index (χ0) is 9.42. The molecule has 0 saturated heterocycles. The van der Waals surface area contributed by atoms with Gasteiger partial charge in [0.15, 0.2) is 0 Å². The van der Waals surface area contributed by atoms with E-state index in [0.29, 0.717) is 36.2 Å². The third kappa shape index (κ3) is 1.54. The summed E-state index contributed by atoms with van der Waals surface area (Å²) in [6, 6.07) is 0. The molecular weight excluding hydrogens is 164 g/mol. The maximum Gasteiger partial charge on any atom is 0.136 e. The molecule has 2 rings (SSSR count). The van der Waals surface area contributed by atoms with Crippen LogP contribution >= 0.6 is 0 Å². The van der Waals surface area contributed by atoms with Gasteiger partial charge in [-0.3, -0.25) is 9.59 Å². The lowest BCUT2D eigenvalue weighted by molar-refractivity contribution is -0.135. The minimum Gasteiger partial charge on any atom is -0.300 e. The molecule has 0 aromatic rings. The topological polar surface area (TPSA) is 34.1 Å². The highest BCUT2D eigenvalue weighted by atomic mass is 16.1. The predicted molar refractivity (Wildman–Crippen MR) is 49.2 cm³/mol. The lowest BCUT2D eigenvalue weighted by Gasteiger charge is -2.37. The van der Waals surface area contributed by atoms with Crippen molar-refractivity contribution in [2.75, 3.05) is 0 Å². The molecule has 2 saturated carbocycles. The second-order valence-corrected chi connectivity index (χ2v) is 4.57. The largest absolute Gasteiger partial charge is 0.300 e. The van der Waals surface area contributed by atoms with Crippen LogP contribution in [0.1, 0.15) is 39.0 Å². The molecule has 0 heterocycles. The van der Waals surface area contributed by atoms with Crippen molar-refractivity contribution in [2.45, 2.75) is 39.0 Å². The summed E-state index contributed by atoms with van der Waals surface area (Å²) in [6.45, 7) is 2.05. The van der Waals surface area contributed by atoms with Crippen LogP contribution in [0.4, 0.5) is 0 Å². The van der Waals surface area contributed by atoms with Crippen LogP contribution in [-0.2, 0) is 9.59 Å². The molecule has 0 radical (unpaired) electrons. The summed E-state index contributed by atoms with van der Waals surface area (Å²) >= 11 is 0. The van der Waals surface area contributed by atoms with Crippen LogP contribution in [0.2, 0.25) is 0 Å². The Morgan fingerprint density at radius 1 is 1.23 bits per heavy atom. The molecule has 2 aliphatic rings. The van der Waals surface area contributed by atoms with Gasteiger partial charge in [0.1, 0.15) is 11.6 Å². The zero-order valence-electron chi connectivity index (χ0n) is 8.08. The first-order valence-corrected chi connectivity index (χ1v) is 5.23. The van der Waals surface area contributed by atoms with Crippen molar-refractivity contribution in [2.24, 2.45) is 17.8 Å². The Labute approximate surface area is 78.7 Å². The van der Waals surface area contributed by atoms with E-state index in [-0.39, 0.29) is 5.92 Å². The van der Waals surface area contributed by atoms with Gasteiger partial charge in [-0.25, -0.2) is 0 Å². The first kappa shape index (κ1) is 8.92. The minimum atomic E-state index is 0.214. The molecule has 0 spiro atoms. The summed E-state index contributed by atoms with van der Waals surface area (Å²) in [4.78, 5) is 23.0. The SMILES string of the molecule is C[C@@H]1CC(=O)CC2CCCC(=O)C21. The summed E-state index contributed by atoms with van der Waals surface area (Å²) in [6.07, 6.45) is 4.14.